The minimum atomic E-state index is -1.41. The highest BCUT2D eigenvalue weighted by atomic mass is 16.5. The molecule has 0 heterocycles. The van der Waals surface area contributed by atoms with Gasteiger partial charge in [-0.3, -0.25) is 0 Å². The molecule has 14 heavy (non-hydrogen) atoms. The van der Waals surface area contributed by atoms with Crippen molar-refractivity contribution in [2.45, 2.75) is 12.9 Å². The van der Waals surface area contributed by atoms with E-state index in [1.165, 1.54) is 0 Å². The standard InChI is InChI=1S/C10H14O4/c1-13-9-4-2-8(3-5-9)6-14-7-10(11)12/h2-5,10-12H,6-7H2,1H3. The number of rotatable bonds is 5. The van der Waals surface area contributed by atoms with E-state index in [9.17, 15) is 0 Å². The molecule has 0 aromatic heterocycles. The second-order valence-electron chi connectivity index (χ2n) is 2.84. The van der Waals surface area contributed by atoms with Gasteiger partial charge in [-0.05, 0) is 17.7 Å². The topological polar surface area (TPSA) is 58.9 Å². The Kier molecular flexibility index (Phi) is 4.39. The average molecular weight is 198 g/mol. The zero-order chi connectivity index (χ0) is 10.4. The van der Waals surface area contributed by atoms with Crippen LogP contribution in [0.1, 0.15) is 5.56 Å². The Bertz CT molecular complexity index is 255. The maximum atomic E-state index is 8.52. The molecule has 0 aliphatic heterocycles. The average Bonchev–Trinajstić information content (AvgIpc) is 2.18. The van der Waals surface area contributed by atoms with Crippen LogP contribution in [-0.2, 0) is 11.3 Å². The molecule has 0 aliphatic carbocycles. The second-order valence-corrected chi connectivity index (χ2v) is 2.84. The lowest BCUT2D eigenvalue weighted by atomic mass is 10.2. The van der Waals surface area contributed by atoms with E-state index < -0.39 is 6.29 Å². The van der Waals surface area contributed by atoms with Crippen LogP contribution in [0.15, 0.2) is 24.3 Å². The van der Waals surface area contributed by atoms with Crippen LogP contribution in [0.25, 0.3) is 0 Å². The lowest BCUT2D eigenvalue weighted by Gasteiger charge is -2.06. The number of ether oxygens (including phenoxy) is 2. The number of methoxy groups -OCH3 is 1. The van der Waals surface area contributed by atoms with Crippen LogP contribution in [0.4, 0.5) is 0 Å². The summed E-state index contributed by atoms with van der Waals surface area (Å²) >= 11 is 0. The molecule has 0 fully saturated rings. The van der Waals surface area contributed by atoms with Crippen LogP contribution in [-0.4, -0.2) is 30.2 Å². The van der Waals surface area contributed by atoms with E-state index in [1.54, 1.807) is 7.11 Å². The summed E-state index contributed by atoms with van der Waals surface area (Å²) in [6, 6.07) is 7.38. The van der Waals surface area contributed by atoms with Gasteiger partial charge in [-0.25, -0.2) is 0 Å². The van der Waals surface area contributed by atoms with Crippen LogP contribution in [0.3, 0.4) is 0 Å². The van der Waals surface area contributed by atoms with Crippen molar-refractivity contribution in [1.82, 2.24) is 0 Å². The molecule has 1 rings (SSSR count). The van der Waals surface area contributed by atoms with Crippen molar-refractivity contribution in [3.05, 3.63) is 29.8 Å². The molecule has 2 N–H and O–H groups in total. The first kappa shape index (κ1) is 11.0. The molecule has 0 amide bonds. The van der Waals surface area contributed by atoms with Crippen molar-refractivity contribution in [3.63, 3.8) is 0 Å². The van der Waals surface area contributed by atoms with E-state index in [4.69, 9.17) is 19.7 Å². The summed E-state index contributed by atoms with van der Waals surface area (Å²) in [7, 11) is 1.60. The van der Waals surface area contributed by atoms with Crippen molar-refractivity contribution in [2.75, 3.05) is 13.7 Å². The molecule has 0 spiro atoms. The molecule has 1 aromatic rings. The molecular weight excluding hydrogens is 184 g/mol. The minimum Gasteiger partial charge on any atom is -0.497 e. The van der Waals surface area contributed by atoms with Gasteiger partial charge >= 0.3 is 0 Å². The lowest BCUT2D eigenvalue weighted by molar-refractivity contribution is -0.0981. The van der Waals surface area contributed by atoms with Gasteiger partial charge in [0.2, 0.25) is 0 Å². The highest BCUT2D eigenvalue weighted by Gasteiger charge is 1.98. The predicted molar refractivity (Wildman–Crippen MR) is 50.9 cm³/mol. The minimum absolute atomic E-state index is 0.0774. The molecule has 0 bridgehead atoms. The quantitative estimate of drug-likeness (QED) is 0.677. The van der Waals surface area contributed by atoms with Gasteiger partial charge in [0.25, 0.3) is 0 Å². The normalized spacial score (nSPS) is 10.6. The highest BCUT2D eigenvalue weighted by molar-refractivity contribution is 5.26. The maximum absolute atomic E-state index is 8.52. The van der Waals surface area contributed by atoms with Gasteiger partial charge < -0.3 is 19.7 Å². The molecule has 0 atom stereocenters. The van der Waals surface area contributed by atoms with E-state index in [-0.39, 0.29) is 6.61 Å². The van der Waals surface area contributed by atoms with Crippen LogP contribution >= 0.6 is 0 Å². The molecule has 4 heteroatoms. The van der Waals surface area contributed by atoms with Gasteiger partial charge in [-0.2, -0.15) is 0 Å². The molecular formula is C10H14O4. The van der Waals surface area contributed by atoms with E-state index >= 15 is 0 Å². The van der Waals surface area contributed by atoms with E-state index in [0.717, 1.165) is 11.3 Å². The Hall–Kier alpha value is -1.10. The van der Waals surface area contributed by atoms with Crippen LogP contribution < -0.4 is 4.74 Å². The van der Waals surface area contributed by atoms with Gasteiger partial charge in [-0.15, -0.1) is 0 Å². The summed E-state index contributed by atoms with van der Waals surface area (Å²) in [4.78, 5) is 0. The van der Waals surface area contributed by atoms with E-state index in [2.05, 4.69) is 0 Å². The van der Waals surface area contributed by atoms with Crippen molar-refractivity contribution in [2.24, 2.45) is 0 Å². The SMILES string of the molecule is COc1ccc(COCC(O)O)cc1. The van der Waals surface area contributed by atoms with Gasteiger partial charge in [0.05, 0.1) is 20.3 Å². The molecule has 0 saturated carbocycles. The Labute approximate surface area is 82.7 Å². The summed E-state index contributed by atoms with van der Waals surface area (Å²) in [6.07, 6.45) is -1.41. The molecule has 1 aromatic carbocycles. The molecule has 0 radical (unpaired) electrons. The van der Waals surface area contributed by atoms with Crippen LogP contribution in [0.2, 0.25) is 0 Å². The zero-order valence-electron chi connectivity index (χ0n) is 8.01. The summed E-state index contributed by atoms with van der Waals surface area (Å²) < 4.78 is 10.0. The number of aliphatic hydroxyl groups is 2. The van der Waals surface area contributed by atoms with Gasteiger partial charge in [-0.1, -0.05) is 12.1 Å². The fraction of sp³-hybridized carbons (Fsp3) is 0.400. The number of benzene rings is 1. The van der Waals surface area contributed by atoms with Crippen molar-refractivity contribution in [3.8, 4) is 5.75 Å². The lowest BCUT2D eigenvalue weighted by Crippen LogP contribution is -2.13. The van der Waals surface area contributed by atoms with E-state index in [1.807, 2.05) is 24.3 Å². The Morgan fingerprint density at radius 3 is 2.36 bits per heavy atom. The van der Waals surface area contributed by atoms with E-state index in [0.29, 0.717) is 6.61 Å². The summed E-state index contributed by atoms with van der Waals surface area (Å²) in [6.45, 7) is 0.285. The second kappa shape index (κ2) is 5.59. The molecule has 4 nitrogen and oxygen atoms in total. The Morgan fingerprint density at radius 2 is 1.86 bits per heavy atom. The van der Waals surface area contributed by atoms with Crippen molar-refractivity contribution < 1.29 is 19.7 Å². The molecule has 0 saturated heterocycles. The highest BCUT2D eigenvalue weighted by Crippen LogP contribution is 2.11. The molecule has 78 valence electrons. The first-order valence-corrected chi connectivity index (χ1v) is 4.29. The Morgan fingerprint density at radius 1 is 1.21 bits per heavy atom. The summed E-state index contributed by atoms with van der Waals surface area (Å²) in [5.41, 5.74) is 0.964. The first-order chi connectivity index (χ1) is 6.72. The number of hydrogen-bond acceptors (Lipinski definition) is 4. The Balaban J connectivity index is 2.36. The van der Waals surface area contributed by atoms with Crippen molar-refractivity contribution >= 4 is 0 Å². The van der Waals surface area contributed by atoms with Gasteiger partial charge in [0.15, 0.2) is 6.29 Å². The third-order valence-corrected chi connectivity index (χ3v) is 1.69. The zero-order valence-corrected chi connectivity index (χ0v) is 8.01. The van der Waals surface area contributed by atoms with Gasteiger partial charge in [0, 0.05) is 0 Å². The maximum Gasteiger partial charge on any atom is 0.175 e. The van der Waals surface area contributed by atoms with Crippen LogP contribution in [0, 0.1) is 0 Å². The molecule has 0 aliphatic rings. The molecule has 0 unspecified atom stereocenters. The number of aliphatic hydroxyl groups excluding tert-OH is 1. The van der Waals surface area contributed by atoms with Crippen molar-refractivity contribution in [1.29, 1.82) is 0 Å². The summed E-state index contributed by atoms with van der Waals surface area (Å²) in [5.74, 6) is 0.788. The fourth-order valence-electron chi connectivity index (χ4n) is 1.00. The first-order valence-electron chi connectivity index (χ1n) is 4.29. The van der Waals surface area contributed by atoms with Crippen LogP contribution in [0.5, 0.6) is 5.75 Å². The smallest absolute Gasteiger partial charge is 0.175 e. The summed E-state index contributed by atoms with van der Waals surface area (Å²) in [5, 5.41) is 17.0. The largest absolute Gasteiger partial charge is 0.497 e. The number of hydrogen-bond donors (Lipinski definition) is 2. The monoisotopic (exact) mass is 198 g/mol. The van der Waals surface area contributed by atoms with Gasteiger partial charge in [0.1, 0.15) is 5.75 Å². The third kappa shape index (κ3) is 3.74. The predicted octanol–water partition coefficient (Wildman–Crippen LogP) is 0.522. The fourth-order valence-corrected chi connectivity index (χ4v) is 1.00. The third-order valence-electron chi connectivity index (χ3n) is 1.69.